The molecule has 82 valence electrons. The molecule has 1 aromatic heterocycles. The van der Waals surface area contributed by atoms with Gasteiger partial charge in [-0.2, -0.15) is 5.10 Å². The second-order valence-electron chi connectivity index (χ2n) is 3.39. The molecule has 0 radical (unpaired) electrons. The molecule has 2 rings (SSSR count). The van der Waals surface area contributed by atoms with Crippen LogP contribution in [0.15, 0.2) is 36.5 Å². The molecule has 0 saturated carbocycles. The summed E-state index contributed by atoms with van der Waals surface area (Å²) in [6, 6.07) is 9.43. The largest absolute Gasteiger partial charge is 0.545 e. The van der Waals surface area contributed by atoms with Crippen molar-refractivity contribution < 1.29 is 9.90 Å². The van der Waals surface area contributed by atoms with Crippen LogP contribution in [0.3, 0.4) is 0 Å². The lowest BCUT2D eigenvalue weighted by atomic mass is 10.2. The van der Waals surface area contributed by atoms with Crippen LogP contribution in [0.4, 0.5) is 0 Å². The minimum absolute atomic E-state index is 0.159. The fraction of sp³-hybridized carbons (Fsp3) is 0.167. The molecule has 0 saturated heterocycles. The average Bonchev–Trinajstić information content (AvgIpc) is 2.73. The molecular weight excluding hydrogens is 204 g/mol. The maximum atomic E-state index is 10.9. The summed E-state index contributed by atoms with van der Waals surface area (Å²) >= 11 is 0. The van der Waals surface area contributed by atoms with E-state index in [2.05, 4.69) is 5.10 Å². The highest BCUT2D eigenvalue weighted by Gasteiger charge is 2.10. The number of carboxylic acid groups (broad SMARTS) is 1. The predicted molar refractivity (Wildman–Crippen MR) is 57.3 cm³/mol. The van der Waals surface area contributed by atoms with Crippen molar-refractivity contribution in [1.82, 2.24) is 9.78 Å². The summed E-state index contributed by atoms with van der Waals surface area (Å²) in [7, 11) is 0. The Labute approximate surface area is 93.1 Å². The molecule has 4 heteroatoms. The van der Waals surface area contributed by atoms with Crippen molar-refractivity contribution in [3.8, 4) is 5.69 Å². The van der Waals surface area contributed by atoms with E-state index >= 15 is 0 Å². The quantitative estimate of drug-likeness (QED) is 0.760. The van der Waals surface area contributed by atoms with Gasteiger partial charge in [-0.15, -0.1) is 0 Å². The number of rotatable bonds is 3. The van der Waals surface area contributed by atoms with E-state index < -0.39 is 5.97 Å². The highest BCUT2D eigenvalue weighted by atomic mass is 16.4. The molecule has 1 aromatic carbocycles. The van der Waals surface area contributed by atoms with Gasteiger partial charge in [0.05, 0.1) is 23.5 Å². The second-order valence-corrected chi connectivity index (χ2v) is 3.39. The van der Waals surface area contributed by atoms with Crippen molar-refractivity contribution in [2.75, 3.05) is 0 Å². The van der Waals surface area contributed by atoms with E-state index in [1.165, 1.54) is 6.20 Å². The average molecular weight is 215 g/mol. The minimum atomic E-state index is -1.18. The Bertz CT molecular complexity index is 503. The zero-order valence-corrected chi connectivity index (χ0v) is 8.88. The van der Waals surface area contributed by atoms with Crippen LogP contribution in [0.5, 0.6) is 0 Å². The van der Waals surface area contributed by atoms with Gasteiger partial charge >= 0.3 is 0 Å². The number of benzene rings is 1. The summed E-state index contributed by atoms with van der Waals surface area (Å²) < 4.78 is 1.63. The number of carbonyl (C=O) groups is 1. The van der Waals surface area contributed by atoms with Gasteiger partial charge in [0, 0.05) is 5.56 Å². The Balaban J connectivity index is 2.54. The summed E-state index contributed by atoms with van der Waals surface area (Å²) in [5.74, 6) is -1.18. The molecule has 0 spiro atoms. The molecule has 0 fully saturated rings. The zero-order valence-electron chi connectivity index (χ0n) is 8.88. The zero-order chi connectivity index (χ0) is 11.5. The van der Waals surface area contributed by atoms with Crippen molar-refractivity contribution >= 4 is 5.97 Å². The molecule has 2 aromatic rings. The molecule has 16 heavy (non-hydrogen) atoms. The lowest BCUT2D eigenvalue weighted by Crippen LogP contribution is -2.23. The normalized spacial score (nSPS) is 10.3. The van der Waals surface area contributed by atoms with Crippen LogP contribution in [0.1, 0.15) is 23.0 Å². The lowest BCUT2D eigenvalue weighted by Gasteiger charge is -2.07. The molecule has 0 aliphatic carbocycles. The molecular formula is C12H11N2O2-. The second kappa shape index (κ2) is 4.18. The topological polar surface area (TPSA) is 57.9 Å². The molecule has 0 aliphatic heterocycles. The van der Waals surface area contributed by atoms with Crippen molar-refractivity contribution in [2.45, 2.75) is 13.3 Å². The SMILES string of the molecule is CCc1c(C(=O)[O-])cnn1-c1ccccc1. The van der Waals surface area contributed by atoms with Crippen LogP contribution in [0, 0.1) is 0 Å². The van der Waals surface area contributed by atoms with Gasteiger partial charge < -0.3 is 9.90 Å². The van der Waals surface area contributed by atoms with Crippen LogP contribution in [-0.4, -0.2) is 15.7 Å². The molecule has 4 nitrogen and oxygen atoms in total. The summed E-state index contributed by atoms with van der Waals surface area (Å²) in [4.78, 5) is 10.9. The third-order valence-corrected chi connectivity index (χ3v) is 2.42. The van der Waals surface area contributed by atoms with E-state index in [4.69, 9.17) is 0 Å². The smallest absolute Gasteiger partial charge is 0.0749 e. The molecule has 0 aliphatic rings. The summed E-state index contributed by atoms with van der Waals surface area (Å²) in [6.07, 6.45) is 1.93. The predicted octanol–water partition coefficient (Wildman–Crippen LogP) is 0.798. The number of carbonyl (C=O) groups excluding carboxylic acids is 1. The van der Waals surface area contributed by atoms with Gasteiger partial charge in [0.15, 0.2) is 0 Å². The third kappa shape index (κ3) is 1.69. The van der Waals surface area contributed by atoms with Gasteiger partial charge in [0.1, 0.15) is 0 Å². The van der Waals surface area contributed by atoms with Crippen molar-refractivity contribution in [1.29, 1.82) is 0 Å². The van der Waals surface area contributed by atoms with E-state index in [0.717, 1.165) is 5.69 Å². The first-order valence-corrected chi connectivity index (χ1v) is 5.07. The number of hydrogen-bond donors (Lipinski definition) is 0. The molecule has 0 atom stereocenters. The maximum absolute atomic E-state index is 10.9. The van der Waals surface area contributed by atoms with Crippen LogP contribution < -0.4 is 5.11 Å². The van der Waals surface area contributed by atoms with Crippen molar-refractivity contribution in [3.05, 3.63) is 47.8 Å². The van der Waals surface area contributed by atoms with Gasteiger partial charge in [0.2, 0.25) is 0 Å². The van der Waals surface area contributed by atoms with Gasteiger partial charge in [0.25, 0.3) is 0 Å². The van der Waals surface area contributed by atoms with Crippen LogP contribution in [0.2, 0.25) is 0 Å². The number of nitrogens with zero attached hydrogens (tertiary/aromatic N) is 2. The first-order valence-electron chi connectivity index (χ1n) is 5.07. The van der Waals surface area contributed by atoms with Gasteiger partial charge in [-0.25, -0.2) is 4.68 Å². The third-order valence-electron chi connectivity index (χ3n) is 2.42. The molecule has 0 amide bonds. The van der Waals surface area contributed by atoms with E-state index in [-0.39, 0.29) is 5.56 Å². The molecule has 0 N–H and O–H groups in total. The molecule has 1 heterocycles. The Kier molecular flexibility index (Phi) is 2.72. The fourth-order valence-electron chi connectivity index (χ4n) is 1.68. The van der Waals surface area contributed by atoms with Crippen LogP contribution in [0.25, 0.3) is 5.69 Å². The number of para-hydroxylation sites is 1. The summed E-state index contributed by atoms with van der Waals surface area (Å²) in [5, 5.41) is 14.9. The van der Waals surface area contributed by atoms with Gasteiger partial charge in [-0.05, 0) is 18.6 Å². The van der Waals surface area contributed by atoms with E-state index in [1.54, 1.807) is 4.68 Å². The Hall–Kier alpha value is -2.10. The number of hydrogen-bond acceptors (Lipinski definition) is 3. The number of carboxylic acids is 1. The first kappa shape index (κ1) is 10.4. The van der Waals surface area contributed by atoms with Crippen molar-refractivity contribution in [3.63, 3.8) is 0 Å². The van der Waals surface area contributed by atoms with Crippen LogP contribution >= 0.6 is 0 Å². The Morgan fingerprint density at radius 1 is 1.38 bits per heavy atom. The van der Waals surface area contributed by atoms with Gasteiger partial charge in [-0.1, -0.05) is 25.1 Å². The summed E-state index contributed by atoms with van der Waals surface area (Å²) in [5.41, 5.74) is 1.67. The van der Waals surface area contributed by atoms with Gasteiger partial charge in [-0.3, -0.25) is 0 Å². The van der Waals surface area contributed by atoms with E-state index in [1.807, 2.05) is 37.3 Å². The fourth-order valence-corrected chi connectivity index (χ4v) is 1.68. The Morgan fingerprint density at radius 3 is 2.62 bits per heavy atom. The highest BCUT2D eigenvalue weighted by molar-refractivity contribution is 5.87. The number of aromatic carboxylic acids is 1. The Morgan fingerprint density at radius 2 is 2.06 bits per heavy atom. The van der Waals surface area contributed by atoms with E-state index in [9.17, 15) is 9.90 Å². The maximum Gasteiger partial charge on any atom is 0.0749 e. The molecule has 0 unspecified atom stereocenters. The standard InChI is InChI=1S/C12H12N2O2/c1-2-11-10(12(15)16)8-13-14(11)9-6-4-3-5-7-9/h3-8H,2H2,1H3,(H,15,16)/p-1. The lowest BCUT2D eigenvalue weighted by molar-refractivity contribution is -0.255. The van der Waals surface area contributed by atoms with Crippen molar-refractivity contribution in [2.24, 2.45) is 0 Å². The van der Waals surface area contributed by atoms with E-state index in [0.29, 0.717) is 12.1 Å². The van der Waals surface area contributed by atoms with Crippen LogP contribution in [-0.2, 0) is 6.42 Å². The highest BCUT2D eigenvalue weighted by Crippen LogP contribution is 2.14. The minimum Gasteiger partial charge on any atom is -0.545 e. The number of aromatic nitrogens is 2. The monoisotopic (exact) mass is 215 g/mol. The first-order chi connectivity index (χ1) is 7.74. The molecule has 0 bridgehead atoms. The summed E-state index contributed by atoms with van der Waals surface area (Å²) in [6.45, 7) is 1.89.